The Morgan fingerprint density at radius 2 is 1.88 bits per heavy atom. The molecule has 0 aliphatic carbocycles. The van der Waals surface area contributed by atoms with Crippen molar-refractivity contribution in [2.24, 2.45) is 5.10 Å². The number of benzene rings is 1. The summed E-state index contributed by atoms with van der Waals surface area (Å²) in [5, 5.41) is 4.62. The minimum absolute atomic E-state index is 0.0628. The minimum atomic E-state index is -0.0628. The van der Waals surface area contributed by atoms with Crippen LogP contribution in [0.3, 0.4) is 0 Å². The minimum Gasteiger partial charge on any atom is -0.455 e. The Morgan fingerprint density at radius 1 is 1.12 bits per heavy atom. The van der Waals surface area contributed by atoms with E-state index in [1.165, 1.54) is 25.5 Å². The molecule has 0 fully saturated rings. The standard InChI is InChI=1S/C19H23ClN2O2/c1-2-3-4-5-6-7-19(23)22-21-14-17-12-13-18(24-17)15-8-10-16(20)11-9-15/h8-14H,2-7H2,1H3,(H,22,23)/b21-14+. The summed E-state index contributed by atoms with van der Waals surface area (Å²) in [7, 11) is 0. The van der Waals surface area contributed by atoms with Crippen LogP contribution in [0.2, 0.25) is 5.02 Å². The number of nitrogens with one attached hydrogen (secondary N) is 1. The number of hydrogen-bond acceptors (Lipinski definition) is 3. The zero-order chi connectivity index (χ0) is 17.2. The van der Waals surface area contributed by atoms with Gasteiger partial charge in [-0.3, -0.25) is 4.79 Å². The van der Waals surface area contributed by atoms with Gasteiger partial charge in [0, 0.05) is 17.0 Å². The topological polar surface area (TPSA) is 54.6 Å². The van der Waals surface area contributed by atoms with Crippen molar-refractivity contribution in [2.75, 3.05) is 0 Å². The fraction of sp³-hybridized carbons (Fsp3) is 0.368. The van der Waals surface area contributed by atoms with E-state index >= 15 is 0 Å². The van der Waals surface area contributed by atoms with Crippen LogP contribution < -0.4 is 5.43 Å². The summed E-state index contributed by atoms with van der Waals surface area (Å²) in [4.78, 5) is 11.7. The molecule has 128 valence electrons. The van der Waals surface area contributed by atoms with Gasteiger partial charge in [-0.15, -0.1) is 0 Å². The van der Waals surface area contributed by atoms with Crippen LogP contribution in [0, 0.1) is 0 Å². The van der Waals surface area contributed by atoms with Gasteiger partial charge in [0.15, 0.2) is 0 Å². The SMILES string of the molecule is CCCCCCCC(=O)N/N=C/c1ccc(-c2ccc(Cl)cc2)o1. The van der Waals surface area contributed by atoms with Crippen LogP contribution in [-0.2, 0) is 4.79 Å². The molecule has 0 unspecified atom stereocenters. The molecule has 0 atom stereocenters. The van der Waals surface area contributed by atoms with Gasteiger partial charge in [0.25, 0.3) is 0 Å². The van der Waals surface area contributed by atoms with Crippen molar-refractivity contribution in [3.05, 3.63) is 47.2 Å². The van der Waals surface area contributed by atoms with Gasteiger partial charge in [0.05, 0.1) is 6.21 Å². The molecule has 0 bridgehead atoms. The summed E-state index contributed by atoms with van der Waals surface area (Å²) < 4.78 is 5.67. The smallest absolute Gasteiger partial charge is 0.240 e. The van der Waals surface area contributed by atoms with Crippen molar-refractivity contribution < 1.29 is 9.21 Å². The third kappa shape index (κ3) is 6.20. The van der Waals surface area contributed by atoms with Crippen LogP contribution in [0.5, 0.6) is 0 Å². The summed E-state index contributed by atoms with van der Waals surface area (Å²) in [5.41, 5.74) is 3.47. The highest BCUT2D eigenvalue weighted by Gasteiger charge is 2.04. The number of unbranched alkanes of at least 4 members (excludes halogenated alkanes) is 4. The Balaban J connectivity index is 1.76. The molecule has 0 aliphatic heterocycles. The van der Waals surface area contributed by atoms with E-state index in [2.05, 4.69) is 17.5 Å². The van der Waals surface area contributed by atoms with E-state index < -0.39 is 0 Å². The van der Waals surface area contributed by atoms with Crippen LogP contribution >= 0.6 is 11.6 Å². The van der Waals surface area contributed by atoms with Crippen LogP contribution in [0.1, 0.15) is 51.2 Å². The molecule has 0 aliphatic rings. The summed E-state index contributed by atoms with van der Waals surface area (Å²) in [6, 6.07) is 11.1. The maximum Gasteiger partial charge on any atom is 0.240 e. The molecule has 0 saturated carbocycles. The van der Waals surface area contributed by atoms with E-state index in [0.717, 1.165) is 24.2 Å². The molecule has 1 heterocycles. The predicted molar refractivity (Wildman–Crippen MR) is 98.3 cm³/mol. The quantitative estimate of drug-likeness (QED) is 0.375. The first-order chi connectivity index (χ1) is 11.7. The highest BCUT2D eigenvalue weighted by atomic mass is 35.5. The zero-order valence-corrected chi connectivity index (χ0v) is 14.7. The van der Waals surface area contributed by atoms with Crippen molar-refractivity contribution in [3.8, 4) is 11.3 Å². The lowest BCUT2D eigenvalue weighted by atomic mass is 10.1. The Labute approximate surface area is 147 Å². The molecule has 1 amide bonds. The fourth-order valence-electron chi connectivity index (χ4n) is 2.30. The second kappa shape index (κ2) is 9.93. The van der Waals surface area contributed by atoms with Gasteiger partial charge in [-0.2, -0.15) is 5.10 Å². The van der Waals surface area contributed by atoms with Crippen LogP contribution in [0.25, 0.3) is 11.3 Å². The third-order valence-electron chi connectivity index (χ3n) is 3.64. The van der Waals surface area contributed by atoms with Gasteiger partial charge in [-0.25, -0.2) is 5.43 Å². The molecule has 2 aromatic rings. The zero-order valence-electron chi connectivity index (χ0n) is 13.9. The van der Waals surface area contributed by atoms with Gasteiger partial charge in [-0.05, 0) is 42.8 Å². The second-order valence-corrected chi connectivity index (χ2v) is 6.10. The number of hydrazone groups is 1. The van der Waals surface area contributed by atoms with Crippen molar-refractivity contribution >= 4 is 23.7 Å². The van der Waals surface area contributed by atoms with Crippen molar-refractivity contribution in [1.82, 2.24) is 5.43 Å². The lowest BCUT2D eigenvalue weighted by Gasteiger charge is -1.99. The normalized spacial score (nSPS) is 11.1. The number of halogens is 1. The summed E-state index contributed by atoms with van der Waals surface area (Å²) in [5.74, 6) is 1.26. The Kier molecular flexibility index (Phi) is 7.56. The fourth-order valence-corrected chi connectivity index (χ4v) is 2.43. The third-order valence-corrected chi connectivity index (χ3v) is 3.90. The number of rotatable bonds is 9. The van der Waals surface area contributed by atoms with Gasteiger partial charge < -0.3 is 4.42 Å². The average Bonchev–Trinajstić information content (AvgIpc) is 3.04. The van der Waals surface area contributed by atoms with Crippen LogP contribution in [-0.4, -0.2) is 12.1 Å². The molecule has 24 heavy (non-hydrogen) atoms. The molecule has 0 radical (unpaired) electrons. The molecule has 1 aromatic carbocycles. The molecule has 5 heteroatoms. The van der Waals surface area contributed by atoms with Crippen molar-refractivity contribution in [2.45, 2.75) is 45.4 Å². The first-order valence-electron chi connectivity index (χ1n) is 8.36. The lowest BCUT2D eigenvalue weighted by Crippen LogP contribution is -2.16. The molecule has 2 rings (SSSR count). The predicted octanol–water partition coefficient (Wildman–Crippen LogP) is 5.41. The molecule has 0 spiro atoms. The summed E-state index contributed by atoms with van der Waals surface area (Å²) >= 11 is 5.87. The van der Waals surface area contributed by atoms with Gasteiger partial charge in [0.1, 0.15) is 11.5 Å². The van der Waals surface area contributed by atoms with E-state index in [1.807, 2.05) is 36.4 Å². The maximum absolute atomic E-state index is 11.7. The molecule has 1 N–H and O–H groups in total. The number of amides is 1. The average molecular weight is 347 g/mol. The van der Waals surface area contributed by atoms with Crippen LogP contribution in [0.4, 0.5) is 0 Å². The van der Waals surface area contributed by atoms with Crippen molar-refractivity contribution in [1.29, 1.82) is 0 Å². The molecule has 4 nitrogen and oxygen atoms in total. The number of carbonyl (C=O) groups is 1. The van der Waals surface area contributed by atoms with Gasteiger partial charge in [0.2, 0.25) is 5.91 Å². The Morgan fingerprint density at radius 3 is 2.62 bits per heavy atom. The van der Waals surface area contributed by atoms with E-state index in [1.54, 1.807) is 0 Å². The highest BCUT2D eigenvalue weighted by molar-refractivity contribution is 6.30. The maximum atomic E-state index is 11.7. The number of nitrogens with zero attached hydrogens (tertiary/aromatic N) is 1. The highest BCUT2D eigenvalue weighted by Crippen LogP contribution is 2.23. The van der Waals surface area contributed by atoms with E-state index in [4.69, 9.17) is 16.0 Å². The first kappa shape index (κ1) is 18.3. The second-order valence-electron chi connectivity index (χ2n) is 5.67. The lowest BCUT2D eigenvalue weighted by molar-refractivity contribution is -0.121. The van der Waals surface area contributed by atoms with Gasteiger partial charge >= 0.3 is 0 Å². The van der Waals surface area contributed by atoms with E-state index in [9.17, 15) is 4.79 Å². The summed E-state index contributed by atoms with van der Waals surface area (Å²) in [6.45, 7) is 2.18. The van der Waals surface area contributed by atoms with Gasteiger partial charge in [-0.1, -0.05) is 44.2 Å². The number of hydrogen-bond donors (Lipinski definition) is 1. The number of furan rings is 1. The van der Waals surface area contributed by atoms with Crippen molar-refractivity contribution in [3.63, 3.8) is 0 Å². The monoisotopic (exact) mass is 346 g/mol. The largest absolute Gasteiger partial charge is 0.455 e. The first-order valence-corrected chi connectivity index (χ1v) is 8.74. The molecular weight excluding hydrogens is 324 g/mol. The van der Waals surface area contributed by atoms with Crippen LogP contribution in [0.15, 0.2) is 45.9 Å². The van der Waals surface area contributed by atoms with E-state index in [-0.39, 0.29) is 5.91 Å². The Hall–Kier alpha value is -2.07. The molecule has 1 aromatic heterocycles. The molecule has 0 saturated heterocycles. The number of carbonyl (C=O) groups excluding carboxylic acids is 1. The molecular formula is C19H23ClN2O2. The summed E-state index contributed by atoms with van der Waals surface area (Å²) in [6.07, 6.45) is 7.64. The van der Waals surface area contributed by atoms with E-state index in [0.29, 0.717) is 17.2 Å². The Bertz CT molecular complexity index is 662.